The van der Waals surface area contributed by atoms with Gasteiger partial charge >= 0.3 is 0 Å². The Morgan fingerprint density at radius 3 is 2.56 bits per heavy atom. The first-order valence-electron chi connectivity index (χ1n) is 9.64. The summed E-state index contributed by atoms with van der Waals surface area (Å²) in [5, 5.41) is 5.70. The van der Waals surface area contributed by atoms with Gasteiger partial charge in [0.05, 0.1) is 12.0 Å². The smallest absolute Gasteiger partial charge is 0.243 e. The fraction of sp³-hybridized carbons (Fsp3) is 0.550. The molecule has 27 heavy (non-hydrogen) atoms. The molecule has 7 heteroatoms. The summed E-state index contributed by atoms with van der Waals surface area (Å²) < 4.78 is 0. The molecule has 1 aromatic carbocycles. The normalized spacial score (nSPS) is 25.6. The van der Waals surface area contributed by atoms with Gasteiger partial charge in [-0.3, -0.25) is 14.4 Å². The largest absolute Gasteiger partial charge is 0.354 e. The highest BCUT2D eigenvalue weighted by molar-refractivity contribution is 5.90. The number of hydrogen-bond acceptors (Lipinski definition) is 4. The van der Waals surface area contributed by atoms with Crippen LogP contribution in [0.4, 0.5) is 0 Å². The van der Waals surface area contributed by atoms with Crippen LogP contribution in [-0.2, 0) is 20.9 Å². The van der Waals surface area contributed by atoms with Crippen LogP contribution in [0.1, 0.15) is 38.2 Å². The maximum Gasteiger partial charge on any atom is 0.243 e. The summed E-state index contributed by atoms with van der Waals surface area (Å²) in [4.78, 5) is 39.1. The lowest BCUT2D eigenvalue weighted by Gasteiger charge is -2.37. The highest BCUT2D eigenvalue weighted by Gasteiger charge is 2.45. The summed E-state index contributed by atoms with van der Waals surface area (Å²) >= 11 is 0. The molecule has 0 aliphatic carbocycles. The number of piperidine rings is 1. The SMILES string of the molecule is C[C@H](N)C(=O)NC[C@H]1CCC2CC[C@@H](C(=O)NCc3ccccc3)N2C1=O. The molecule has 1 aromatic rings. The molecule has 0 radical (unpaired) electrons. The number of hydrogen-bond donors (Lipinski definition) is 3. The van der Waals surface area contributed by atoms with E-state index < -0.39 is 12.1 Å². The third kappa shape index (κ3) is 4.47. The average Bonchev–Trinajstić information content (AvgIpc) is 3.11. The second-order valence-electron chi connectivity index (χ2n) is 7.50. The molecule has 4 atom stereocenters. The van der Waals surface area contributed by atoms with Crippen LogP contribution in [-0.4, -0.2) is 47.3 Å². The molecule has 4 N–H and O–H groups in total. The number of fused-ring (bicyclic) bond motifs is 1. The summed E-state index contributed by atoms with van der Waals surface area (Å²) in [7, 11) is 0. The number of amides is 3. The number of carbonyl (C=O) groups excluding carboxylic acids is 3. The van der Waals surface area contributed by atoms with Gasteiger partial charge in [0, 0.05) is 19.1 Å². The Morgan fingerprint density at radius 1 is 1.15 bits per heavy atom. The highest BCUT2D eigenvalue weighted by Crippen LogP contribution is 2.34. The molecule has 7 nitrogen and oxygen atoms in total. The molecule has 146 valence electrons. The van der Waals surface area contributed by atoms with Gasteiger partial charge in [-0.25, -0.2) is 0 Å². The first kappa shape index (κ1) is 19.4. The van der Waals surface area contributed by atoms with E-state index in [-0.39, 0.29) is 36.2 Å². The highest BCUT2D eigenvalue weighted by atomic mass is 16.2. The number of nitrogens with one attached hydrogen (secondary N) is 2. The summed E-state index contributed by atoms with van der Waals surface area (Å²) in [6, 6.07) is 8.83. The van der Waals surface area contributed by atoms with Crippen LogP contribution in [0.3, 0.4) is 0 Å². The summed E-state index contributed by atoms with van der Waals surface area (Å²) in [5.41, 5.74) is 6.58. The zero-order valence-corrected chi connectivity index (χ0v) is 15.7. The van der Waals surface area contributed by atoms with E-state index in [0.29, 0.717) is 13.0 Å². The van der Waals surface area contributed by atoms with Gasteiger partial charge in [-0.2, -0.15) is 0 Å². The number of nitrogens with two attached hydrogens (primary N) is 1. The molecule has 2 aliphatic heterocycles. The topological polar surface area (TPSA) is 105 Å². The molecule has 2 aliphatic rings. The van der Waals surface area contributed by atoms with Gasteiger partial charge in [-0.1, -0.05) is 30.3 Å². The van der Waals surface area contributed by atoms with E-state index in [1.807, 2.05) is 30.3 Å². The lowest BCUT2D eigenvalue weighted by molar-refractivity contribution is -0.147. The minimum absolute atomic E-state index is 0.0337. The average molecular weight is 372 g/mol. The van der Waals surface area contributed by atoms with Gasteiger partial charge in [0.15, 0.2) is 0 Å². The maximum atomic E-state index is 12.9. The van der Waals surface area contributed by atoms with E-state index in [1.165, 1.54) is 0 Å². The van der Waals surface area contributed by atoms with E-state index in [0.717, 1.165) is 24.8 Å². The Hall–Kier alpha value is -2.41. The van der Waals surface area contributed by atoms with E-state index in [2.05, 4.69) is 10.6 Å². The Labute approximate surface area is 159 Å². The number of benzene rings is 1. The lowest BCUT2D eigenvalue weighted by atomic mass is 9.92. The molecule has 0 bridgehead atoms. The fourth-order valence-corrected chi connectivity index (χ4v) is 3.96. The number of rotatable bonds is 6. The van der Waals surface area contributed by atoms with Crippen molar-refractivity contribution in [2.75, 3.05) is 6.54 Å². The van der Waals surface area contributed by atoms with Crippen molar-refractivity contribution in [3.63, 3.8) is 0 Å². The van der Waals surface area contributed by atoms with E-state index in [9.17, 15) is 14.4 Å². The Balaban J connectivity index is 1.59. The van der Waals surface area contributed by atoms with Crippen molar-refractivity contribution < 1.29 is 14.4 Å². The van der Waals surface area contributed by atoms with Crippen LogP contribution in [0.5, 0.6) is 0 Å². The second-order valence-corrected chi connectivity index (χ2v) is 7.50. The predicted octanol–water partition coefficient (Wildman–Crippen LogP) is 0.536. The van der Waals surface area contributed by atoms with Crippen molar-refractivity contribution in [3.05, 3.63) is 35.9 Å². The molecular weight excluding hydrogens is 344 g/mol. The van der Waals surface area contributed by atoms with E-state index in [1.54, 1.807) is 11.8 Å². The molecule has 2 saturated heterocycles. The molecule has 3 rings (SSSR count). The van der Waals surface area contributed by atoms with Gasteiger partial charge in [0.2, 0.25) is 17.7 Å². The third-order valence-corrected chi connectivity index (χ3v) is 5.50. The zero-order chi connectivity index (χ0) is 19.4. The molecule has 0 aromatic heterocycles. The van der Waals surface area contributed by atoms with E-state index >= 15 is 0 Å². The Kier molecular flexibility index (Phi) is 6.11. The van der Waals surface area contributed by atoms with Crippen LogP contribution in [0.2, 0.25) is 0 Å². The predicted molar refractivity (Wildman–Crippen MR) is 101 cm³/mol. The first-order chi connectivity index (χ1) is 13.0. The third-order valence-electron chi connectivity index (χ3n) is 5.50. The standard InChI is InChI=1S/C20H28N4O3/c1-13(21)18(25)23-12-15-7-8-16-9-10-17(24(16)20(15)27)19(26)22-11-14-5-3-2-4-6-14/h2-6,13,15-17H,7-12,21H2,1H3,(H,22,26)(H,23,25)/t13-,15+,16?,17-/m0/s1. The second kappa shape index (κ2) is 8.52. The summed E-state index contributed by atoms with van der Waals surface area (Å²) in [6.07, 6.45) is 3.15. The van der Waals surface area contributed by atoms with Crippen molar-refractivity contribution in [1.82, 2.24) is 15.5 Å². The van der Waals surface area contributed by atoms with Crippen LogP contribution in [0.15, 0.2) is 30.3 Å². The van der Waals surface area contributed by atoms with Crippen LogP contribution >= 0.6 is 0 Å². The number of nitrogens with zero attached hydrogens (tertiary/aromatic N) is 1. The van der Waals surface area contributed by atoms with Crippen molar-refractivity contribution in [2.24, 2.45) is 11.7 Å². The van der Waals surface area contributed by atoms with Gasteiger partial charge < -0.3 is 21.3 Å². The molecule has 2 fully saturated rings. The van der Waals surface area contributed by atoms with Crippen molar-refractivity contribution in [1.29, 1.82) is 0 Å². The zero-order valence-electron chi connectivity index (χ0n) is 15.7. The summed E-state index contributed by atoms with van der Waals surface area (Å²) in [5.74, 6) is -0.682. The van der Waals surface area contributed by atoms with Crippen LogP contribution in [0.25, 0.3) is 0 Å². The fourth-order valence-electron chi connectivity index (χ4n) is 3.96. The summed E-state index contributed by atoms with van der Waals surface area (Å²) in [6.45, 7) is 2.35. The molecule has 0 spiro atoms. The van der Waals surface area contributed by atoms with Gasteiger partial charge in [-0.15, -0.1) is 0 Å². The lowest BCUT2D eigenvalue weighted by Crippen LogP contribution is -2.55. The van der Waals surface area contributed by atoms with Crippen LogP contribution in [0, 0.1) is 5.92 Å². The van der Waals surface area contributed by atoms with Gasteiger partial charge in [-0.05, 0) is 38.2 Å². The van der Waals surface area contributed by atoms with Crippen LogP contribution < -0.4 is 16.4 Å². The molecular formula is C20H28N4O3. The first-order valence-corrected chi connectivity index (χ1v) is 9.64. The quantitative estimate of drug-likeness (QED) is 0.678. The minimum atomic E-state index is -0.597. The monoisotopic (exact) mass is 372 g/mol. The molecule has 1 unspecified atom stereocenters. The van der Waals surface area contributed by atoms with Crippen molar-refractivity contribution in [2.45, 2.75) is 57.3 Å². The maximum absolute atomic E-state index is 12.9. The molecule has 2 heterocycles. The van der Waals surface area contributed by atoms with Gasteiger partial charge in [0.25, 0.3) is 0 Å². The van der Waals surface area contributed by atoms with E-state index in [4.69, 9.17) is 5.73 Å². The van der Waals surface area contributed by atoms with Gasteiger partial charge in [0.1, 0.15) is 6.04 Å². The minimum Gasteiger partial charge on any atom is -0.354 e. The Morgan fingerprint density at radius 2 is 1.85 bits per heavy atom. The molecule has 3 amide bonds. The number of carbonyl (C=O) groups is 3. The molecule has 0 saturated carbocycles. The van der Waals surface area contributed by atoms with Crippen molar-refractivity contribution >= 4 is 17.7 Å². The van der Waals surface area contributed by atoms with Crippen molar-refractivity contribution in [3.8, 4) is 0 Å². The Bertz CT molecular complexity index is 692.